The highest BCUT2D eigenvalue weighted by Crippen LogP contribution is 2.30. The van der Waals surface area contributed by atoms with Crippen molar-refractivity contribution < 1.29 is 0 Å². The van der Waals surface area contributed by atoms with E-state index < -0.39 is 0 Å². The summed E-state index contributed by atoms with van der Waals surface area (Å²) in [4.78, 5) is 0. The minimum absolute atomic E-state index is 0.631. The van der Waals surface area contributed by atoms with Gasteiger partial charge in [0.05, 0.1) is 16.7 Å². The van der Waals surface area contributed by atoms with Crippen molar-refractivity contribution in [1.29, 1.82) is 0 Å². The van der Waals surface area contributed by atoms with Crippen molar-refractivity contribution >= 4 is 15.9 Å². The average Bonchev–Trinajstić information content (AvgIpc) is 2.46. The van der Waals surface area contributed by atoms with E-state index in [-0.39, 0.29) is 0 Å². The van der Waals surface area contributed by atoms with E-state index in [1.165, 1.54) is 32.1 Å². The van der Waals surface area contributed by atoms with Gasteiger partial charge in [0.25, 0.3) is 0 Å². The van der Waals surface area contributed by atoms with Crippen LogP contribution in [-0.4, -0.2) is 9.78 Å². The van der Waals surface area contributed by atoms with Gasteiger partial charge in [-0.2, -0.15) is 5.10 Å². The fraction of sp³-hybridized carbons (Fsp3) is 0.727. The maximum absolute atomic E-state index is 4.38. The van der Waals surface area contributed by atoms with Crippen molar-refractivity contribution in [1.82, 2.24) is 9.78 Å². The zero-order valence-corrected chi connectivity index (χ0v) is 10.2. The van der Waals surface area contributed by atoms with Crippen LogP contribution in [0.1, 0.15) is 45.1 Å². The molecule has 1 aliphatic carbocycles. The summed E-state index contributed by atoms with van der Waals surface area (Å²) in [7, 11) is 0. The highest BCUT2D eigenvalue weighted by molar-refractivity contribution is 9.10. The van der Waals surface area contributed by atoms with Crippen molar-refractivity contribution in [2.24, 2.45) is 5.92 Å². The predicted molar refractivity (Wildman–Crippen MR) is 61.2 cm³/mol. The number of hydrogen-bond acceptors (Lipinski definition) is 1. The van der Waals surface area contributed by atoms with Gasteiger partial charge < -0.3 is 0 Å². The average molecular weight is 257 g/mol. The first kappa shape index (κ1) is 10.2. The van der Waals surface area contributed by atoms with E-state index in [2.05, 4.69) is 38.8 Å². The minimum Gasteiger partial charge on any atom is -0.269 e. The van der Waals surface area contributed by atoms with Gasteiger partial charge in [-0.15, -0.1) is 0 Å². The Bertz CT molecular complexity index is 295. The Balaban J connectivity index is 2.04. The zero-order chi connectivity index (χ0) is 9.97. The second-order valence-electron chi connectivity index (χ2n) is 4.41. The second-order valence-corrected chi connectivity index (χ2v) is 5.32. The molecule has 1 heterocycles. The van der Waals surface area contributed by atoms with Crippen molar-refractivity contribution in [2.75, 3.05) is 0 Å². The Hall–Kier alpha value is -0.310. The summed E-state index contributed by atoms with van der Waals surface area (Å²) in [6.07, 6.45) is 10.6. The normalized spacial score (nSPS) is 28.7. The molecule has 2 rings (SSSR count). The monoisotopic (exact) mass is 256 g/mol. The van der Waals surface area contributed by atoms with Crippen LogP contribution in [0.2, 0.25) is 0 Å². The molecule has 0 amide bonds. The topological polar surface area (TPSA) is 17.8 Å². The van der Waals surface area contributed by atoms with Crippen LogP contribution in [0.15, 0.2) is 16.9 Å². The van der Waals surface area contributed by atoms with Crippen LogP contribution in [0.5, 0.6) is 0 Å². The van der Waals surface area contributed by atoms with Crippen LogP contribution in [0.3, 0.4) is 0 Å². The third-order valence-corrected chi connectivity index (χ3v) is 3.58. The van der Waals surface area contributed by atoms with E-state index in [1.54, 1.807) is 0 Å². The van der Waals surface area contributed by atoms with Gasteiger partial charge in [-0.05, 0) is 41.1 Å². The van der Waals surface area contributed by atoms with Gasteiger partial charge in [-0.25, -0.2) is 0 Å². The molecule has 0 saturated heterocycles. The fourth-order valence-corrected chi connectivity index (χ4v) is 2.55. The number of halogens is 1. The molecule has 0 radical (unpaired) electrons. The molecule has 3 heteroatoms. The molecule has 0 N–H and O–H groups in total. The Morgan fingerprint density at radius 2 is 2.21 bits per heavy atom. The van der Waals surface area contributed by atoms with Crippen LogP contribution < -0.4 is 0 Å². The molecule has 1 fully saturated rings. The molecule has 1 aliphatic rings. The lowest BCUT2D eigenvalue weighted by molar-refractivity contribution is 0.398. The van der Waals surface area contributed by atoms with E-state index in [0.29, 0.717) is 6.04 Å². The fourth-order valence-electron chi connectivity index (χ4n) is 2.25. The Labute approximate surface area is 93.8 Å². The Kier molecular flexibility index (Phi) is 3.26. The Morgan fingerprint density at radius 3 is 2.93 bits per heavy atom. The van der Waals surface area contributed by atoms with Gasteiger partial charge in [-0.3, -0.25) is 4.68 Å². The van der Waals surface area contributed by atoms with Crippen LogP contribution in [0.4, 0.5) is 0 Å². The molecule has 2 unspecified atom stereocenters. The molecule has 1 saturated carbocycles. The smallest absolute Gasteiger partial charge is 0.0632 e. The standard InChI is InChI=1S/C11H17BrN2/c1-9-3-2-4-11(6-5-9)14-8-10(12)7-13-14/h7-9,11H,2-6H2,1H3. The summed E-state index contributed by atoms with van der Waals surface area (Å²) in [5.41, 5.74) is 0. The number of nitrogens with zero attached hydrogens (tertiary/aromatic N) is 2. The molecule has 0 bridgehead atoms. The number of rotatable bonds is 1. The molecule has 1 aromatic heterocycles. The SMILES string of the molecule is CC1CCCC(n2cc(Br)cn2)CC1. The molecule has 0 aromatic carbocycles. The first-order valence-electron chi connectivity index (χ1n) is 5.45. The van der Waals surface area contributed by atoms with Gasteiger partial charge >= 0.3 is 0 Å². The molecular formula is C11H17BrN2. The van der Waals surface area contributed by atoms with E-state index in [9.17, 15) is 0 Å². The number of hydrogen-bond donors (Lipinski definition) is 0. The summed E-state index contributed by atoms with van der Waals surface area (Å²) in [6, 6.07) is 0.631. The summed E-state index contributed by atoms with van der Waals surface area (Å²) >= 11 is 3.45. The lowest BCUT2D eigenvalue weighted by Crippen LogP contribution is -2.08. The van der Waals surface area contributed by atoms with E-state index in [4.69, 9.17) is 0 Å². The highest BCUT2D eigenvalue weighted by Gasteiger charge is 2.17. The van der Waals surface area contributed by atoms with Crippen LogP contribution >= 0.6 is 15.9 Å². The molecule has 0 spiro atoms. The van der Waals surface area contributed by atoms with Gasteiger partial charge in [0, 0.05) is 6.20 Å². The van der Waals surface area contributed by atoms with Gasteiger partial charge in [0.15, 0.2) is 0 Å². The van der Waals surface area contributed by atoms with Crippen molar-refractivity contribution in [3.8, 4) is 0 Å². The van der Waals surface area contributed by atoms with Crippen LogP contribution in [0.25, 0.3) is 0 Å². The first-order valence-corrected chi connectivity index (χ1v) is 6.24. The second kappa shape index (κ2) is 4.47. The van der Waals surface area contributed by atoms with E-state index >= 15 is 0 Å². The lowest BCUT2D eigenvalue weighted by atomic mass is 10.0. The molecular weight excluding hydrogens is 240 g/mol. The molecule has 78 valence electrons. The highest BCUT2D eigenvalue weighted by atomic mass is 79.9. The summed E-state index contributed by atoms with van der Waals surface area (Å²) in [5, 5.41) is 4.38. The quantitative estimate of drug-likeness (QED) is 0.700. The summed E-state index contributed by atoms with van der Waals surface area (Å²) in [5.74, 6) is 0.902. The maximum atomic E-state index is 4.38. The van der Waals surface area contributed by atoms with E-state index in [1.807, 2.05) is 6.20 Å². The maximum Gasteiger partial charge on any atom is 0.0632 e. The van der Waals surface area contributed by atoms with Crippen molar-refractivity contribution in [2.45, 2.75) is 45.1 Å². The lowest BCUT2D eigenvalue weighted by Gasteiger charge is -2.14. The molecule has 1 aromatic rings. The molecule has 2 nitrogen and oxygen atoms in total. The Morgan fingerprint density at radius 1 is 1.36 bits per heavy atom. The van der Waals surface area contributed by atoms with E-state index in [0.717, 1.165) is 10.4 Å². The van der Waals surface area contributed by atoms with Gasteiger partial charge in [0.2, 0.25) is 0 Å². The van der Waals surface area contributed by atoms with Crippen molar-refractivity contribution in [3.05, 3.63) is 16.9 Å². The first-order chi connectivity index (χ1) is 6.75. The zero-order valence-electron chi connectivity index (χ0n) is 8.62. The number of aromatic nitrogens is 2. The predicted octanol–water partition coefficient (Wildman–Crippen LogP) is 3.79. The van der Waals surface area contributed by atoms with Crippen LogP contribution in [0, 0.1) is 5.92 Å². The van der Waals surface area contributed by atoms with Crippen molar-refractivity contribution in [3.63, 3.8) is 0 Å². The third-order valence-electron chi connectivity index (χ3n) is 3.17. The van der Waals surface area contributed by atoms with Gasteiger partial charge in [-0.1, -0.05) is 19.8 Å². The van der Waals surface area contributed by atoms with Crippen LogP contribution in [-0.2, 0) is 0 Å². The molecule has 0 aliphatic heterocycles. The minimum atomic E-state index is 0.631. The largest absolute Gasteiger partial charge is 0.269 e. The third kappa shape index (κ3) is 2.38. The summed E-state index contributed by atoms with van der Waals surface area (Å²) in [6.45, 7) is 2.36. The molecule has 2 atom stereocenters. The molecule has 14 heavy (non-hydrogen) atoms. The van der Waals surface area contributed by atoms with Gasteiger partial charge in [0.1, 0.15) is 0 Å². The summed E-state index contributed by atoms with van der Waals surface area (Å²) < 4.78 is 3.22.